The van der Waals surface area contributed by atoms with Gasteiger partial charge in [0.2, 0.25) is 10.0 Å². The molecule has 4 nitrogen and oxygen atoms in total. The molecule has 17 heavy (non-hydrogen) atoms. The van der Waals surface area contributed by atoms with Gasteiger partial charge in [-0.3, -0.25) is 4.98 Å². The van der Waals surface area contributed by atoms with Crippen LogP contribution in [0.4, 0.5) is 0 Å². The molecule has 0 fully saturated rings. The minimum atomic E-state index is -3.61. The van der Waals surface area contributed by atoms with Crippen molar-refractivity contribution in [2.24, 2.45) is 0 Å². The van der Waals surface area contributed by atoms with Crippen molar-refractivity contribution in [1.29, 1.82) is 0 Å². The van der Waals surface area contributed by atoms with Crippen LogP contribution in [0.3, 0.4) is 0 Å². The van der Waals surface area contributed by atoms with E-state index < -0.39 is 15.6 Å². The summed E-state index contributed by atoms with van der Waals surface area (Å²) >= 11 is 9.12. The highest BCUT2D eigenvalue weighted by atomic mass is 79.9. The summed E-state index contributed by atoms with van der Waals surface area (Å²) in [4.78, 5) is 3.93. The number of pyridine rings is 1. The van der Waals surface area contributed by atoms with Crippen molar-refractivity contribution in [3.63, 3.8) is 0 Å². The number of hydrogen-bond donors (Lipinski definition) is 1. The Labute approximate surface area is 115 Å². The van der Waals surface area contributed by atoms with Gasteiger partial charge in [0.1, 0.15) is 4.90 Å². The lowest BCUT2D eigenvalue weighted by atomic mass is 10.0. The van der Waals surface area contributed by atoms with Crippen LogP contribution in [0.2, 0.25) is 0 Å². The summed E-state index contributed by atoms with van der Waals surface area (Å²) in [5.74, 6) is 0. The average molecular weight is 342 g/mol. The van der Waals surface area contributed by atoms with Crippen molar-refractivity contribution in [3.8, 4) is 0 Å². The maximum absolute atomic E-state index is 12.1. The highest BCUT2D eigenvalue weighted by Crippen LogP contribution is 2.20. The number of nitrogens with one attached hydrogen (secondary N) is 1. The smallest absolute Gasteiger partial charge is 0.242 e. The van der Waals surface area contributed by atoms with Crippen LogP contribution in [0, 0.1) is 0 Å². The zero-order valence-corrected chi connectivity index (χ0v) is 12.9. The predicted molar refractivity (Wildman–Crippen MR) is 71.7 cm³/mol. The van der Waals surface area contributed by atoms with Crippen LogP contribution < -0.4 is 4.72 Å². The third-order valence-corrected chi connectivity index (χ3v) is 5.00. The molecule has 0 amide bonds. The highest BCUT2D eigenvalue weighted by Gasteiger charge is 2.30. The van der Waals surface area contributed by atoms with Gasteiger partial charge in [-0.15, -0.1) is 11.6 Å². The summed E-state index contributed by atoms with van der Waals surface area (Å²) < 4.78 is 27.3. The van der Waals surface area contributed by atoms with Gasteiger partial charge in [0.25, 0.3) is 0 Å². The van der Waals surface area contributed by atoms with Crippen molar-refractivity contribution in [2.45, 2.75) is 36.6 Å². The summed E-state index contributed by atoms with van der Waals surface area (Å²) in [7, 11) is -3.61. The zero-order valence-electron chi connectivity index (χ0n) is 9.74. The summed E-state index contributed by atoms with van der Waals surface area (Å²) in [6, 6.07) is 1.49. The van der Waals surface area contributed by atoms with Gasteiger partial charge in [0.15, 0.2) is 0 Å². The van der Waals surface area contributed by atoms with Crippen LogP contribution in [0.5, 0.6) is 0 Å². The fourth-order valence-electron chi connectivity index (χ4n) is 1.03. The third kappa shape index (κ3) is 3.91. The molecule has 0 bridgehead atoms. The number of alkyl halides is 1. The molecule has 0 spiro atoms. The summed E-state index contributed by atoms with van der Waals surface area (Å²) in [6.07, 6.45) is 2.82. The molecule has 1 aromatic rings. The van der Waals surface area contributed by atoms with E-state index in [1.165, 1.54) is 18.5 Å². The van der Waals surface area contributed by atoms with Gasteiger partial charge >= 0.3 is 0 Å². The summed E-state index contributed by atoms with van der Waals surface area (Å²) in [5.41, 5.74) is -0.733. The second kappa shape index (κ2) is 5.22. The quantitative estimate of drug-likeness (QED) is 0.856. The number of halogens is 2. The fourth-order valence-corrected chi connectivity index (χ4v) is 3.13. The molecule has 0 saturated heterocycles. The second-order valence-electron chi connectivity index (χ2n) is 4.28. The minimum Gasteiger partial charge on any atom is -0.262 e. The Bertz CT molecular complexity index is 503. The molecule has 96 valence electrons. The van der Waals surface area contributed by atoms with Gasteiger partial charge in [-0.05, 0) is 42.8 Å². The van der Waals surface area contributed by atoms with Crippen LogP contribution in [0.25, 0.3) is 0 Å². The first-order valence-corrected chi connectivity index (χ1v) is 7.65. The minimum absolute atomic E-state index is 0.109. The van der Waals surface area contributed by atoms with Gasteiger partial charge in [-0.25, -0.2) is 13.1 Å². The van der Waals surface area contributed by atoms with E-state index in [4.69, 9.17) is 11.6 Å². The molecular weight excluding hydrogens is 328 g/mol. The Balaban J connectivity index is 3.06. The van der Waals surface area contributed by atoms with Crippen molar-refractivity contribution in [1.82, 2.24) is 9.71 Å². The Morgan fingerprint density at radius 1 is 1.47 bits per heavy atom. The molecule has 0 saturated carbocycles. The first-order chi connectivity index (χ1) is 7.65. The average Bonchev–Trinajstić information content (AvgIpc) is 2.15. The lowest BCUT2D eigenvalue weighted by Crippen LogP contribution is -2.48. The van der Waals surface area contributed by atoms with E-state index in [1.54, 1.807) is 20.8 Å². The lowest BCUT2D eigenvalue weighted by molar-refractivity contribution is 0.445. The molecule has 1 unspecified atom stereocenters. The molecule has 1 heterocycles. The van der Waals surface area contributed by atoms with Crippen LogP contribution in [-0.2, 0) is 10.0 Å². The van der Waals surface area contributed by atoms with E-state index in [0.29, 0.717) is 4.47 Å². The second-order valence-corrected chi connectivity index (χ2v) is 7.53. The maximum atomic E-state index is 12.1. The Hall–Kier alpha value is -0.170. The van der Waals surface area contributed by atoms with E-state index in [9.17, 15) is 8.42 Å². The summed E-state index contributed by atoms with van der Waals surface area (Å²) in [5, 5.41) is -0.336. The molecule has 0 radical (unpaired) electrons. The van der Waals surface area contributed by atoms with Gasteiger partial charge < -0.3 is 0 Å². The molecule has 1 N–H and O–H groups in total. The number of aromatic nitrogens is 1. The molecule has 0 aliphatic carbocycles. The molecule has 7 heteroatoms. The van der Waals surface area contributed by atoms with E-state index >= 15 is 0 Å². The first-order valence-electron chi connectivity index (χ1n) is 4.94. The topological polar surface area (TPSA) is 59.1 Å². The van der Waals surface area contributed by atoms with Gasteiger partial charge in [0.05, 0.1) is 0 Å². The monoisotopic (exact) mass is 340 g/mol. The van der Waals surface area contributed by atoms with Crippen molar-refractivity contribution in [3.05, 3.63) is 22.9 Å². The van der Waals surface area contributed by atoms with Crippen LogP contribution in [-0.4, -0.2) is 24.3 Å². The van der Waals surface area contributed by atoms with Crippen LogP contribution >= 0.6 is 27.5 Å². The molecule has 0 aliphatic heterocycles. The van der Waals surface area contributed by atoms with E-state index in [1.807, 2.05) is 0 Å². The molecule has 1 aromatic heterocycles. The Morgan fingerprint density at radius 2 is 2.06 bits per heavy atom. The Kier molecular flexibility index (Phi) is 4.57. The standard InChI is InChI=1S/C10H14BrClN2O2S/c1-7(12)10(2,3)14-17(15,16)9-4-8(11)5-13-6-9/h4-7,14H,1-3H3. The number of hydrogen-bond acceptors (Lipinski definition) is 3. The highest BCUT2D eigenvalue weighted by molar-refractivity contribution is 9.10. The fraction of sp³-hybridized carbons (Fsp3) is 0.500. The molecular formula is C10H14BrClN2O2S. The largest absolute Gasteiger partial charge is 0.262 e. The lowest BCUT2D eigenvalue weighted by Gasteiger charge is -2.28. The first kappa shape index (κ1) is 14.9. The predicted octanol–water partition coefficient (Wildman–Crippen LogP) is 2.53. The van der Waals surface area contributed by atoms with E-state index in [-0.39, 0.29) is 10.3 Å². The zero-order chi connectivity index (χ0) is 13.3. The number of sulfonamides is 1. The molecule has 0 aliphatic rings. The van der Waals surface area contributed by atoms with E-state index in [2.05, 4.69) is 25.6 Å². The van der Waals surface area contributed by atoms with Crippen molar-refractivity contribution in [2.75, 3.05) is 0 Å². The number of nitrogens with zero attached hydrogens (tertiary/aromatic N) is 1. The summed E-state index contributed by atoms with van der Waals surface area (Å²) in [6.45, 7) is 5.20. The van der Waals surface area contributed by atoms with Crippen LogP contribution in [0.1, 0.15) is 20.8 Å². The molecule has 1 atom stereocenters. The Morgan fingerprint density at radius 3 is 2.53 bits per heavy atom. The maximum Gasteiger partial charge on any atom is 0.242 e. The van der Waals surface area contributed by atoms with Crippen molar-refractivity contribution >= 4 is 37.6 Å². The van der Waals surface area contributed by atoms with Gasteiger partial charge in [-0.1, -0.05) is 0 Å². The van der Waals surface area contributed by atoms with E-state index in [0.717, 1.165) is 0 Å². The third-order valence-electron chi connectivity index (χ3n) is 2.38. The van der Waals surface area contributed by atoms with Crippen LogP contribution in [0.15, 0.2) is 27.8 Å². The SMILES string of the molecule is CC(Cl)C(C)(C)NS(=O)(=O)c1cncc(Br)c1. The molecule has 0 aromatic carbocycles. The normalized spacial score (nSPS) is 14.6. The van der Waals surface area contributed by atoms with Gasteiger partial charge in [-0.2, -0.15) is 0 Å². The van der Waals surface area contributed by atoms with Gasteiger partial charge in [0, 0.05) is 27.8 Å². The van der Waals surface area contributed by atoms with Crippen molar-refractivity contribution < 1.29 is 8.42 Å². The number of rotatable bonds is 4. The molecule has 1 rings (SSSR count).